The van der Waals surface area contributed by atoms with Crippen molar-refractivity contribution in [2.75, 3.05) is 19.6 Å². The first kappa shape index (κ1) is 20.6. The first-order valence-electron chi connectivity index (χ1n) is 8.99. The van der Waals surface area contributed by atoms with Gasteiger partial charge in [-0.25, -0.2) is 17.5 Å². The van der Waals surface area contributed by atoms with Crippen LogP contribution in [0.4, 0.5) is 4.79 Å². The van der Waals surface area contributed by atoms with Gasteiger partial charge >= 0.3 is 6.03 Å². The number of sulfonamides is 1. The second-order valence-electron chi connectivity index (χ2n) is 6.90. The molecule has 3 unspecified atom stereocenters. The number of nitriles is 1. The number of fused-ring (bicyclic) bond motifs is 1. The molecule has 12 heteroatoms. The highest BCUT2D eigenvalue weighted by Crippen LogP contribution is 2.25. The summed E-state index contributed by atoms with van der Waals surface area (Å²) < 4.78 is 26.5. The van der Waals surface area contributed by atoms with Crippen molar-refractivity contribution in [1.29, 1.82) is 5.26 Å². The van der Waals surface area contributed by atoms with Gasteiger partial charge in [-0.05, 0) is 19.9 Å². The Morgan fingerprint density at radius 3 is 2.93 bits per heavy atom. The Morgan fingerprint density at radius 2 is 2.31 bits per heavy atom. The van der Waals surface area contributed by atoms with E-state index in [2.05, 4.69) is 32.2 Å². The number of urea groups is 1. The van der Waals surface area contributed by atoms with Crippen LogP contribution in [0, 0.1) is 23.7 Å². The molecule has 154 valence electrons. The summed E-state index contributed by atoms with van der Waals surface area (Å²) >= 11 is 0. The average molecular weight is 419 g/mol. The quantitative estimate of drug-likeness (QED) is 0.384. The van der Waals surface area contributed by atoms with Crippen LogP contribution in [0.1, 0.15) is 13.3 Å². The topological polar surface area (TPSA) is 156 Å². The molecular weight excluding hydrogens is 398 g/mol. The zero-order chi connectivity index (χ0) is 21.2. The molecule has 0 bridgehead atoms. The van der Waals surface area contributed by atoms with Gasteiger partial charge in [0.1, 0.15) is 23.7 Å². The summed E-state index contributed by atoms with van der Waals surface area (Å²) in [7, 11) is -4.04. The van der Waals surface area contributed by atoms with Gasteiger partial charge in [0.25, 0.3) is 0 Å². The Balaban J connectivity index is 1.69. The van der Waals surface area contributed by atoms with E-state index >= 15 is 0 Å². The van der Waals surface area contributed by atoms with Gasteiger partial charge in [0.15, 0.2) is 0 Å². The molecule has 3 aliphatic heterocycles. The minimum Gasteiger partial charge on any atom is -0.347 e. The van der Waals surface area contributed by atoms with Crippen molar-refractivity contribution in [3.63, 3.8) is 0 Å². The maximum atomic E-state index is 13.0. The van der Waals surface area contributed by atoms with E-state index in [1.54, 1.807) is 6.92 Å². The maximum absolute atomic E-state index is 13.0. The Kier molecular flexibility index (Phi) is 5.77. The monoisotopic (exact) mass is 419 g/mol. The molecule has 29 heavy (non-hydrogen) atoms. The van der Waals surface area contributed by atoms with Crippen LogP contribution in [0.5, 0.6) is 0 Å². The number of aliphatic imine (C=N–C) groups is 1. The van der Waals surface area contributed by atoms with Crippen LogP contribution in [0.3, 0.4) is 0 Å². The number of nitrogens with zero attached hydrogens (tertiary/aromatic N) is 3. The Hall–Kier alpha value is -3.09. The lowest BCUT2D eigenvalue weighted by atomic mass is 10.00. The standard InChI is InChI=1S/C17H21N7O4S/c1-3-12(16-20-7-11(6-18)8-21-16)22-14(25)9-24-17(26)23-13-4-5-19-10(2)15(13)29(24,27)28/h1,7,10,12-13,15,19H,4-5,8-9H2,2H3,(H,20,21)(H,22,25)(H,23,26)/t10?,12-,13?,15?/m0/s1. The Bertz CT molecular complexity index is 959. The van der Waals surface area contributed by atoms with Crippen molar-refractivity contribution >= 4 is 27.8 Å². The number of amidine groups is 1. The number of rotatable bonds is 4. The lowest BCUT2D eigenvalue weighted by molar-refractivity contribution is -0.121. The van der Waals surface area contributed by atoms with E-state index in [4.69, 9.17) is 11.7 Å². The molecule has 11 nitrogen and oxygen atoms in total. The van der Waals surface area contributed by atoms with Gasteiger partial charge in [0.2, 0.25) is 15.9 Å². The second kappa shape index (κ2) is 8.11. The highest BCUT2D eigenvalue weighted by molar-refractivity contribution is 7.90. The molecule has 4 N–H and O–H groups in total. The predicted octanol–water partition coefficient (Wildman–Crippen LogP) is -2.01. The zero-order valence-corrected chi connectivity index (χ0v) is 16.5. The van der Waals surface area contributed by atoms with E-state index in [1.807, 2.05) is 6.07 Å². The lowest BCUT2D eigenvalue weighted by Gasteiger charge is -2.43. The third-order valence-electron chi connectivity index (χ3n) is 4.99. The van der Waals surface area contributed by atoms with Crippen LogP contribution >= 0.6 is 0 Å². The molecule has 0 aromatic carbocycles. The van der Waals surface area contributed by atoms with Crippen molar-refractivity contribution < 1.29 is 18.0 Å². The Labute approximate surface area is 168 Å². The van der Waals surface area contributed by atoms with Crippen molar-refractivity contribution in [1.82, 2.24) is 25.6 Å². The molecule has 4 atom stereocenters. The van der Waals surface area contributed by atoms with Crippen LogP contribution in [0.25, 0.3) is 0 Å². The van der Waals surface area contributed by atoms with E-state index in [9.17, 15) is 18.0 Å². The summed E-state index contributed by atoms with van der Waals surface area (Å²) in [4.78, 5) is 28.9. The number of amides is 3. The summed E-state index contributed by atoms with van der Waals surface area (Å²) in [6, 6.07) is -0.712. The van der Waals surface area contributed by atoms with E-state index in [0.29, 0.717) is 22.8 Å². The van der Waals surface area contributed by atoms with Crippen molar-refractivity contribution in [3.05, 3.63) is 11.8 Å². The molecule has 0 aliphatic carbocycles. The fourth-order valence-corrected chi connectivity index (χ4v) is 5.67. The number of carbonyl (C=O) groups is 2. The minimum absolute atomic E-state index is 0.115. The van der Waals surface area contributed by atoms with E-state index in [-0.39, 0.29) is 18.4 Å². The molecule has 3 aliphatic rings. The molecule has 0 aromatic heterocycles. The molecule has 0 spiro atoms. The summed E-state index contributed by atoms with van der Waals surface area (Å²) in [5.41, 5.74) is 0.400. The molecule has 3 rings (SSSR count). The molecule has 2 fully saturated rings. The van der Waals surface area contributed by atoms with E-state index in [1.165, 1.54) is 6.20 Å². The second-order valence-corrected chi connectivity index (χ2v) is 8.91. The fourth-order valence-electron chi connectivity index (χ4n) is 3.56. The number of hydrogen-bond acceptors (Lipinski definition) is 8. The maximum Gasteiger partial charge on any atom is 0.331 e. The first-order chi connectivity index (χ1) is 13.8. The predicted molar refractivity (Wildman–Crippen MR) is 104 cm³/mol. The van der Waals surface area contributed by atoms with Gasteiger partial charge in [-0.3, -0.25) is 9.79 Å². The third-order valence-corrected chi connectivity index (χ3v) is 7.32. The summed E-state index contributed by atoms with van der Waals surface area (Å²) in [5, 5.41) is 18.9. The van der Waals surface area contributed by atoms with Gasteiger partial charge in [0, 0.05) is 12.2 Å². The van der Waals surface area contributed by atoms with E-state index < -0.39 is 45.8 Å². The van der Waals surface area contributed by atoms with Crippen LogP contribution < -0.4 is 21.3 Å². The molecule has 2 saturated heterocycles. The molecule has 3 amide bonds. The van der Waals surface area contributed by atoms with Crippen molar-refractivity contribution in [2.24, 2.45) is 4.99 Å². The van der Waals surface area contributed by atoms with Crippen LogP contribution in [-0.4, -0.2) is 73.5 Å². The lowest BCUT2D eigenvalue weighted by Crippen LogP contribution is -2.70. The minimum atomic E-state index is -4.04. The number of carbonyl (C=O) groups excluding carboxylic acids is 2. The fraction of sp³-hybridized carbons (Fsp3) is 0.529. The molecule has 0 aromatic rings. The molecular formula is C17H21N7O4S. The van der Waals surface area contributed by atoms with Gasteiger partial charge in [-0.2, -0.15) is 5.26 Å². The van der Waals surface area contributed by atoms with Crippen molar-refractivity contribution in [2.45, 2.75) is 36.7 Å². The Morgan fingerprint density at radius 1 is 1.55 bits per heavy atom. The zero-order valence-electron chi connectivity index (χ0n) is 15.7. The molecule has 0 radical (unpaired) electrons. The highest BCUT2D eigenvalue weighted by atomic mass is 32.2. The van der Waals surface area contributed by atoms with E-state index in [0.717, 1.165) is 0 Å². The number of terminal acetylenes is 1. The van der Waals surface area contributed by atoms with Gasteiger partial charge in [0.05, 0.1) is 24.2 Å². The normalized spacial score (nSPS) is 28.9. The SMILES string of the molecule is C#C[C@H](NC(=O)CN1C(=O)NC2CCNC(C)C2S1(=O)=O)C1=NCC(C#N)=CN1. The molecule has 0 saturated carbocycles. The van der Waals surface area contributed by atoms with Crippen LogP contribution in [0.15, 0.2) is 16.8 Å². The van der Waals surface area contributed by atoms with Crippen LogP contribution in [0.2, 0.25) is 0 Å². The van der Waals surface area contributed by atoms with Gasteiger partial charge in [-0.1, -0.05) is 5.92 Å². The van der Waals surface area contributed by atoms with Crippen LogP contribution in [-0.2, 0) is 14.8 Å². The summed E-state index contributed by atoms with van der Waals surface area (Å²) in [6.45, 7) is 1.74. The smallest absolute Gasteiger partial charge is 0.331 e. The number of hydrogen-bond donors (Lipinski definition) is 4. The van der Waals surface area contributed by atoms with Gasteiger partial charge < -0.3 is 21.3 Å². The van der Waals surface area contributed by atoms with Gasteiger partial charge in [-0.15, -0.1) is 6.42 Å². The average Bonchev–Trinajstić information content (AvgIpc) is 2.69. The number of nitrogens with one attached hydrogen (secondary N) is 4. The number of piperidine rings is 1. The summed E-state index contributed by atoms with van der Waals surface area (Å²) in [5.74, 6) is 1.84. The largest absolute Gasteiger partial charge is 0.347 e. The van der Waals surface area contributed by atoms with Crippen molar-refractivity contribution in [3.8, 4) is 18.4 Å². The molecule has 3 heterocycles. The third kappa shape index (κ3) is 4.04. The highest BCUT2D eigenvalue weighted by Gasteiger charge is 2.50. The first-order valence-corrected chi connectivity index (χ1v) is 10.5. The summed E-state index contributed by atoms with van der Waals surface area (Å²) in [6.07, 6.45) is 7.37.